The van der Waals surface area contributed by atoms with Gasteiger partial charge in [-0.1, -0.05) is 48.5 Å². The van der Waals surface area contributed by atoms with Crippen molar-refractivity contribution in [1.29, 1.82) is 5.26 Å². The van der Waals surface area contributed by atoms with Crippen LogP contribution in [0, 0.1) is 17.2 Å². The van der Waals surface area contributed by atoms with E-state index < -0.39 is 6.09 Å². The quantitative estimate of drug-likeness (QED) is 0.871. The number of rotatable bonds is 2. The molecule has 5 heteroatoms. The summed E-state index contributed by atoms with van der Waals surface area (Å²) in [4.78, 5) is 13.2. The lowest BCUT2D eigenvalue weighted by molar-refractivity contribution is 0.0809. The average Bonchev–Trinajstić information content (AvgIpc) is 2.97. The molecular formula is C21H21N3O2. The lowest BCUT2D eigenvalue weighted by Crippen LogP contribution is -2.57. The number of carboxylic acid groups (broad SMARTS) is 1. The Morgan fingerprint density at radius 1 is 1.15 bits per heavy atom. The van der Waals surface area contributed by atoms with Gasteiger partial charge < -0.3 is 15.7 Å². The van der Waals surface area contributed by atoms with E-state index in [4.69, 9.17) is 5.73 Å². The summed E-state index contributed by atoms with van der Waals surface area (Å²) in [5, 5.41) is 18.9. The Hall–Kier alpha value is -2.84. The molecule has 2 aromatic carbocycles. The maximum absolute atomic E-state index is 11.8. The Balaban J connectivity index is 1.70. The van der Waals surface area contributed by atoms with Crippen LogP contribution in [-0.4, -0.2) is 34.7 Å². The van der Waals surface area contributed by atoms with E-state index in [-0.39, 0.29) is 30.5 Å². The first kappa shape index (κ1) is 16.6. The van der Waals surface area contributed by atoms with E-state index in [9.17, 15) is 15.2 Å². The summed E-state index contributed by atoms with van der Waals surface area (Å²) >= 11 is 0. The minimum absolute atomic E-state index is 0.124. The summed E-state index contributed by atoms with van der Waals surface area (Å²) in [6.45, 7) is 0.236. The number of nitrogens with zero attached hydrogens (tertiary/aromatic N) is 2. The number of nitriles is 1. The molecule has 1 saturated heterocycles. The molecule has 3 atom stereocenters. The van der Waals surface area contributed by atoms with Gasteiger partial charge in [0.15, 0.2) is 0 Å². The van der Waals surface area contributed by atoms with Crippen molar-refractivity contribution in [2.24, 2.45) is 11.7 Å². The number of carbonyl (C=O) groups is 1. The van der Waals surface area contributed by atoms with E-state index in [2.05, 4.69) is 30.3 Å². The molecular weight excluding hydrogens is 326 g/mol. The van der Waals surface area contributed by atoms with Gasteiger partial charge >= 0.3 is 6.09 Å². The first-order chi connectivity index (χ1) is 12.6. The topological polar surface area (TPSA) is 90.4 Å². The molecule has 1 aliphatic carbocycles. The summed E-state index contributed by atoms with van der Waals surface area (Å²) in [5.74, 6) is -0.209. The van der Waals surface area contributed by atoms with Crippen LogP contribution in [0.15, 0.2) is 48.5 Å². The monoisotopic (exact) mass is 347 g/mol. The summed E-state index contributed by atoms with van der Waals surface area (Å²) in [6.07, 6.45) is 0.186. The van der Waals surface area contributed by atoms with Crippen LogP contribution in [0.3, 0.4) is 0 Å². The van der Waals surface area contributed by atoms with Gasteiger partial charge in [0.05, 0.1) is 18.0 Å². The van der Waals surface area contributed by atoms with Crippen molar-refractivity contribution in [1.82, 2.24) is 4.90 Å². The highest BCUT2D eigenvalue weighted by atomic mass is 16.4. The zero-order chi connectivity index (χ0) is 18.3. The Morgan fingerprint density at radius 3 is 2.27 bits per heavy atom. The van der Waals surface area contributed by atoms with Gasteiger partial charge in [-0.2, -0.15) is 5.26 Å². The molecule has 1 heterocycles. The summed E-state index contributed by atoms with van der Waals surface area (Å²) < 4.78 is 0. The van der Waals surface area contributed by atoms with E-state index in [1.54, 1.807) is 0 Å². The van der Waals surface area contributed by atoms with Gasteiger partial charge in [0.1, 0.15) is 0 Å². The van der Waals surface area contributed by atoms with E-state index >= 15 is 0 Å². The van der Waals surface area contributed by atoms with Gasteiger partial charge in [0.2, 0.25) is 0 Å². The molecule has 2 aromatic rings. The maximum Gasteiger partial charge on any atom is 0.407 e. The van der Waals surface area contributed by atoms with Crippen molar-refractivity contribution in [2.75, 3.05) is 6.54 Å². The van der Waals surface area contributed by atoms with Crippen molar-refractivity contribution in [3.05, 3.63) is 59.7 Å². The maximum atomic E-state index is 11.8. The Bertz CT molecular complexity index is 843. The van der Waals surface area contributed by atoms with Crippen molar-refractivity contribution in [3.8, 4) is 17.2 Å². The summed E-state index contributed by atoms with van der Waals surface area (Å²) in [5.41, 5.74) is 11.2. The van der Waals surface area contributed by atoms with Crippen LogP contribution < -0.4 is 5.73 Å². The third-order valence-electron chi connectivity index (χ3n) is 5.74. The average molecular weight is 347 g/mol. The highest BCUT2D eigenvalue weighted by Gasteiger charge is 2.40. The van der Waals surface area contributed by atoms with Crippen LogP contribution in [0.5, 0.6) is 0 Å². The number of nitrogens with two attached hydrogens (primary N) is 1. The van der Waals surface area contributed by atoms with E-state index in [1.165, 1.54) is 27.2 Å². The third-order valence-corrected chi connectivity index (χ3v) is 5.74. The van der Waals surface area contributed by atoms with Crippen LogP contribution in [-0.2, 0) is 0 Å². The third kappa shape index (κ3) is 2.63. The molecule has 0 aromatic heterocycles. The molecule has 1 amide bonds. The molecule has 2 aliphatic rings. The molecule has 0 radical (unpaired) electrons. The number of hydrogen-bond donors (Lipinski definition) is 2. The molecule has 1 aliphatic heterocycles. The van der Waals surface area contributed by atoms with Crippen molar-refractivity contribution in [3.63, 3.8) is 0 Å². The number of benzene rings is 2. The fourth-order valence-electron chi connectivity index (χ4n) is 4.53. The highest BCUT2D eigenvalue weighted by Crippen LogP contribution is 2.47. The number of likely N-dealkylation sites (tertiary alicyclic amines) is 1. The standard InChI is InChI=1S/C21H21N3O2/c22-11-13-9-19(23)20(24(12-13)21(25)26)10-18-16-7-3-1-5-14(16)15-6-2-4-8-17(15)18/h1-8,13,18-20H,9-10,12,23H2,(H,25,26). The van der Waals surface area contributed by atoms with E-state index in [0.717, 1.165) is 0 Å². The Morgan fingerprint density at radius 2 is 1.73 bits per heavy atom. The van der Waals surface area contributed by atoms with Crippen molar-refractivity contribution in [2.45, 2.75) is 30.8 Å². The lowest BCUT2D eigenvalue weighted by atomic mass is 9.82. The van der Waals surface area contributed by atoms with Crippen molar-refractivity contribution < 1.29 is 9.90 Å². The summed E-state index contributed by atoms with van der Waals surface area (Å²) in [6, 6.07) is 18.2. The fourth-order valence-corrected chi connectivity index (χ4v) is 4.53. The van der Waals surface area contributed by atoms with E-state index in [0.29, 0.717) is 12.8 Å². The molecule has 5 nitrogen and oxygen atoms in total. The normalized spacial score (nSPS) is 24.6. The SMILES string of the molecule is N#CC1CC(N)C(CC2c3ccccc3-c3ccccc32)N(C(=O)O)C1. The minimum atomic E-state index is -0.995. The first-order valence-corrected chi connectivity index (χ1v) is 8.93. The Kier molecular flexibility index (Phi) is 4.14. The number of piperidine rings is 1. The molecule has 0 saturated carbocycles. The second-order valence-corrected chi connectivity index (χ2v) is 7.19. The zero-order valence-electron chi connectivity index (χ0n) is 14.4. The van der Waals surface area contributed by atoms with Gasteiger partial charge in [0.25, 0.3) is 0 Å². The second kappa shape index (κ2) is 6.47. The van der Waals surface area contributed by atoms with Gasteiger partial charge in [-0.15, -0.1) is 0 Å². The molecule has 3 unspecified atom stereocenters. The second-order valence-electron chi connectivity index (χ2n) is 7.19. The number of fused-ring (bicyclic) bond motifs is 3. The largest absolute Gasteiger partial charge is 0.465 e. The first-order valence-electron chi connectivity index (χ1n) is 8.93. The molecule has 0 bridgehead atoms. The minimum Gasteiger partial charge on any atom is -0.465 e. The zero-order valence-corrected chi connectivity index (χ0v) is 14.4. The van der Waals surface area contributed by atoms with Crippen LogP contribution in [0.4, 0.5) is 4.79 Å². The molecule has 1 fully saturated rings. The van der Waals surface area contributed by atoms with Crippen LogP contribution in [0.2, 0.25) is 0 Å². The predicted octanol–water partition coefficient (Wildman–Crippen LogP) is 3.41. The van der Waals surface area contributed by atoms with Gasteiger partial charge in [-0.25, -0.2) is 4.79 Å². The van der Waals surface area contributed by atoms with Gasteiger partial charge in [-0.3, -0.25) is 0 Å². The van der Waals surface area contributed by atoms with E-state index in [1.807, 2.05) is 24.3 Å². The van der Waals surface area contributed by atoms with Crippen molar-refractivity contribution >= 4 is 6.09 Å². The molecule has 26 heavy (non-hydrogen) atoms. The van der Waals surface area contributed by atoms with Crippen LogP contribution in [0.25, 0.3) is 11.1 Å². The number of amides is 1. The molecule has 4 rings (SSSR count). The predicted molar refractivity (Wildman–Crippen MR) is 98.6 cm³/mol. The molecule has 0 spiro atoms. The lowest BCUT2D eigenvalue weighted by Gasteiger charge is -2.41. The fraction of sp³-hybridized carbons (Fsp3) is 0.333. The molecule has 3 N–H and O–H groups in total. The Labute approximate surface area is 152 Å². The van der Waals surface area contributed by atoms with Crippen LogP contribution >= 0.6 is 0 Å². The molecule has 132 valence electrons. The summed E-state index contributed by atoms with van der Waals surface area (Å²) in [7, 11) is 0. The van der Waals surface area contributed by atoms with Gasteiger partial charge in [-0.05, 0) is 35.1 Å². The smallest absolute Gasteiger partial charge is 0.407 e. The number of hydrogen-bond acceptors (Lipinski definition) is 3. The van der Waals surface area contributed by atoms with Gasteiger partial charge in [0, 0.05) is 18.5 Å². The highest BCUT2D eigenvalue weighted by molar-refractivity contribution is 5.78. The van der Waals surface area contributed by atoms with Crippen LogP contribution in [0.1, 0.15) is 29.9 Å².